The van der Waals surface area contributed by atoms with Gasteiger partial charge in [0.05, 0.1) is 21.3 Å². The maximum absolute atomic E-state index is 12.6. The van der Waals surface area contributed by atoms with Gasteiger partial charge >= 0.3 is 0 Å². The standard InChI is InChI=1S/C25H26N4O5S/c1-15-5-8-18(9-6-15)29-14-17(13-22(29)31)24-27-28-25(35-24)26-21(30)10-7-16-11-19(32-2)23(34-4)20(12-16)33-3/h5-12,17H,13-14H2,1-4H3,(H,26,28,30)/b10-7+. The molecule has 0 saturated carbocycles. The number of hydrogen-bond acceptors (Lipinski definition) is 8. The summed E-state index contributed by atoms with van der Waals surface area (Å²) in [6, 6.07) is 11.3. The lowest BCUT2D eigenvalue weighted by atomic mass is 10.1. The van der Waals surface area contributed by atoms with Crippen molar-refractivity contribution in [2.45, 2.75) is 19.3 Å². The van der Waals surface area contributed by atoms with Crippen molar-refractivity contribution in [1.82, 2.24) is 10.2 Å². The van der Waals surface area contributed by atoms with Gasteiger partial charge in [-0.15, -0.1) is 10.2 Å². The summed E-state index contributed by atoms with van der Waals surface area (Å²) in [4.78, 5) is 26.8. The van der Waals surface area contributed by atoms with Crippen LogP contribution in [0.2, 0.25) is 0 Å². The lowest BCUT2D eigenvalue weighted by Gasteiger charge is -2.16. The fourth-order valence-electron chi connectivity index (χ4n) is 3.81. The van der Waals surface area contributed by atoms with Crippen LogP contribution in [0.25, 0.3) is 6.08 Å². The highest BCUT2D eigenvalue weighted by molar-refractivity contribution is 7.15. The van der Waals surface area contributed by atoms with E-state index >= 15 is 0 Å². The van der Waals surface area contributed by atoms with E-state index in [1.54, 1.807) is 23.1 Å². The number of aromatic nitrogens is 2. The fourth-order valence-corrected chi connectivity index (χ4v) is 4.65. The summed E-state index contributed by atoms with van der Waals surface area (Å²) in [5.41, 5.74) is 2.71. The van der Waals surface area contributed by atoms with Gasteiger partial charge in [-0.25, -0.2) is 0 Å². The number of rotatable bonds is 8. The Labute approximate surface area is 207 Å². The van der Waals surface area contributed by atoms with Crippen LogP contribution < -0.4 is 24.4 Å². The molecule has 0 spiro atoms. The van der Waals surface area contributed by atoms with Crippen molar-refractivity contribution in [3.8, 4) is 17.2 Å². The van der Waals surface area contributed by atoms with Crippen molar-refractivity contribution in [2.75, 3.05) is 38.1 Å². The van der Waals surface area contributed by atoms with Crippen LogP contribution in [0.5, 0.6) is 17.2 Å². The first-order valence-electron chi connectivity index (χ1n) is 10.9. The third-order valence-electron chi connectivity index (χ3n) is 5.60. The quantitative estimate of drug-likeness (QED) is 0.471. The van der Waals surface area contributed by atoms with E-state index in [1.807, 2.05) is 31.2 Å². The average molecular weight is 495 g/mol. The molecule has 1 aliphatic heterocycles. The van der Waals surface area contributed by atoms with Crippen molar-refractivity contribution in [1.29, 1.82) is 0 Å². The number of ether oxygens (including phenoxy) is 3. The number of amides is 2. The smallest absolute Gasteiger partial charge is 0.250 e. The van der Waals surface area contributed by atoms with Crippen molar-refractivity contribution in [2.24, 2.45) is 0 Å². The molecule has 1 N–H and O–H groups in total. The molecule has 0 aliphatic carbocycles. The van der Waals surface area contributed by atoms with E-state index < -0.39 is 0 Å². The summed E-state index contributed by atoms with van der Waals surface area (Å²) >= 11 is 1.28. The van der Waals surface area contributed by atoms with E-state index in [-0.39, 0.29) is 17.7 Å². The number of hydrogen-bond donors (Lipinski definition) is 1. The number of benzene rings is 2. The molecule has 1 saturated heterocycles. The van der Waals surface area contributed by atoms with Gasteiger partial charge < -0.3 is 19.1 Å². The van der Waals surface area contributed by atoms with Crippen LogP contribution in [0, 0.1) is 6.92 Å². The highest BCUT2D eigenvalue weighted by atomic mass is 32.1. The maximum atomic E-state index is 12.6. The summed E-state index contributed by atoms with van der Waals surface area (Å²) in [5.74, 6) is 1.09. The lowest BCUT2D eigenvalue weighted by Crippen LogP contribution is -2.24. The molecule has 1 unspecified atom stereocenters. The minimum absolute atomic E-state index is 0.0490. The molecule has 182 valence electrons. The summed E-state index contributed by atoms with van der Waals surface area (Å²) < 4.78 is 16.0. The molecule has 1 aromatic heterocycles. The molecular weight excluding hydrogens is 468 g/mol. The first-order valence-corrected chi connectivity index (χ1v) is 11.7. The van der Waals surface area contributed by atoms with Crippen LogP contribution in [0.15, 0.2) is 42.5 Å². The third kappa shape index (κ3) is 5.43. The Balaban J connectivity index is 1.40. The minimum atomic E-state index is -0.356. The monoisotopic (exact) mass is 494 g/mol. The van der Waals surface area contributed by atoms with Crippen LogP contribution >= 0.6 is 11.3 Å². The molecule has 35 heavy (non-hydrogen) atoms. The number of carbonyl (C=O) groups is 2. The second-order valence-electron chi connectivity index (χ2n) is 7.97. The van der Waals surface area contributed by atoms with E-state index in [0.717, 1.165) is 16.3 Å². The van der Waals surface area contributed by atoms with Crippen molar-refractivity contribution < 1.29 is 23.8 Å². The Bertz CT molecular complexity index is 1230. The fraction of sp³-hybridized carbons (Fsp3) is 0.280. The SMILES string of the molecule is COc1cc(/C=C/C(=O)Nc2nnc(C3CC(=O)N(c4ccc(C)cc4)C3)s2)cc(OC)c1OC. The second kappa shape index (κ2) is 10.6. The molecule has 0 bridgehead atoms. The van der Waals surface area contributed by atoms with Crippen molar-refractivity contribution >= 4 is 40.0 Å². The van der Waals surface area contributed by atoms with E-state index in [4.69, 9.17) is 14.2 Å². The highest BCUT2D eigenvalue weighted by Crippen LogP contribution is 2.38. The largest absolute Gasteiger partial charge is 0.493 e. The zero-order chi connectivity index (χ0) is 24.9. The van der Waals surface area contributed by atoms with E-state index in [1.165, 1.54) is 38.7 Å². The summed E-state index contributed by atoms with van der Waals surface area (Å²) in [7, 11) is 4.59. The topological polar surface area (TPSA) is 103 Å². The molecule has 9 nitrogen and oxygen atoms in total. The zero-order valence-corrected chi connectivity index (χ0v) is 20.7. The Morgan fingerprint density at radius 2 is 1.77 bits per heavy atom. The molecule has 1 aliphatic rings. The second-order valence-corrected chi connectivity index (χ2v) is 8.98. The number of nitrogens with zero attached hydrogens (tertiary/aromatic N) is 3. The molecule has 2 amide bonds. The van der Waals surface area contributed by atoms with E-state index in [2.05, 4.69) is 15.5 Å². The third-order valence-corrected chi connectivity index (χ3v) is 6.61. The van der Waals surface area contributed by atoms with Crippen LogP contribution in [0.4, 0.5) is 10.8 Å². The van der Waals surface area contributed by atoms with E-state index in [0.29, 0.717) is 40.9 Å². The van der Waals surface area contributed by atoms with Gasteiger partial charge in [-0.3, -0.25) is 14.9 Å². The summed E-state index contributed by atoms with van der Waals surface area (Å²) in [6.45, 7) is 2.54. The normalized spacial score (nSPS) is 15.5. The van der Waals surface area contributed by atoms with Crippen LogP contribution in [0.3, 0.4) is 0 Å². The number of methoxy groups -OCH3 is 3. The molecule has 0 radical (unpaired) electrons. The van der Waals surface area contributed by atoms with Crippen molar-refractivity contribution in [3.63, 3.8) is 0 Å². The van der Waals surface area contributed by atoms with Gasteiger partial charge in [-0.1, -0.05) is 29.0 Å². The Morgan fingerprint density at radius 1 is 1.09 bits per heavy atom. The van der Waals surface area contributed by atoms with Gasteiger partial charge in [-0.2, -0.15) is 0 Å². The molecule has 2 aromatic carbocycles. The zero-order valence-electron chi connectivity index (χ0n) is 19.9. The molecule has 1 fully saturated rings. The van der Waals surface area contributed by atoms with E-state index in [9.17, 15) is 9.59 Å². The highest BCUT2D eigenvalue weighted by Gasteiger charge is 2.33. The van der Waals surface area contributed by atoms with Gasteiger partial charge in [0.25, 0.3) is 0 Å². The molecule has 10 heteroatoms. The first-order chi connectivity index (χ1) is 16.9. The average Bonchev–Trinajstić information content (AvgIpc) is 3.48. The van der Waals surface area contributed by atoms with Gasteiger partial charge in [0.1, 0.15) is 5.01 Å². The molecule has 4 rings (SSSR count). The molecular formula is C25H26N4O5S. The predicted molar refractivity (Wildman–Crippen MR) is 135 cm³/mol. The minimum Gasteiger partial charge on any atom is -0.493 e. The molecule has 3 aromatic rings. The Morgan fingerprint density at radius 3 is 2.40 bits per heavy atom. The summed E-state index contributed by atoms with van der Waals surface area (Å²) in [6.07, 6.45) is 3.38. The first kappa shape index (κ1) is 24.2. The van der Waals surface area contributed by atoms with Crippen molar-refractivity contribution in [3.05, 3.63) is 58.6 Å². The van der Waals surface area contributed by atoms with Gasteiger partial charge in [0, 0.05) is 30.6 Å². The molecule has 2 heterocycles. The van der Waals surface area contributed by atoms with Crippen LogP contribution in [0.1, 0.15) is 28.5 Å². The van der Waals surface area contributed by atoms with Gasteiger partial charge in [0.15, 0.2) is 11.5 Å². The van der Waals surface area contributed by atoms with Crippen LogP contribution in [-0.4, -0.2) is 49.9 Å². The lowest BCUT2D eigenvalue weighted by molar-refractivity contribution is -0.117. The molecule has 1 atom stereocenters. The summed E-state index contributed by atoms with van der Waals surface area (Å²) in [5, 5.41) is 12.1. The number of nitrogens with one attached hydrogen (secondary N) is 1. The Kier molecular flexibility index (Phi) is 7.31. The van der Waals surface area contributed by atoms with Gasteiger partial charge in [0.2, 0.25) is 22.7 Å². The maximum Gasteiger partial charge on any atom is 0.250 e. The van der Waals surface area contributed by atoms with Crippen LogP contribution in [-0.2, 0) is 9.59 Å². The predicted octanol–water partition coefficient (Wildman–Crippen LogP) is 4.04. The Hall–Kier alpha value is -3.92. The van der Waals surface area contributed by atoms with Gasteiger partial charge in [-0.05, 0) is 42.8 Å². The number of carbonyl (C=O) groups excluding carboxylic acids is 2. The number of anilines is 2. The number of aryl methyl sites for hydroxylation is 1.